The van der Waals surface area contributed by atoms with Gasteiger partial charge in [-0.3, -0.25) is 9.59 Å². The topological polar surface area (TPSA) is 114 Å². The molecule has 2 aliphatic rings. The van der Waals surface area contributed by atoms with Crippen molar-refractivity contribution in [3.8, 4) is 0 Å². The van der Waals surface area contributed by atoms with E-state index in [1.165, 1.54) is 45.5 Å². The van der Waals surface area contributed by atoms with Gasteiger partial charge in [-0.1, -0.05) is 6.08 Å². The van der Waals surface area contributed by atoms with Gasteiger partial charge in [0.1, 0.15) is 17.2 Å². The SMILES string of the molecule is COC1=CC=C(OC)C2C=C(CCNC(=O)c3ccc(S(=O)(=O)N(C)C)cc3)C(=O)N=C12. The standard InChI is InChI=1S/C22H25N3O6S/c1-25(2)32(28,29)16-7-5-14(6-8-16)21(26)23-12-11-15-13-17-18(30-3)9-10-19(31-4)20(17)24-22(15)27/h5-10,13,17H,11-12H2,1-4H3,(H,23,26). The number of carbonyl (C=O) groups excluding carboxylic acids is 2. The summed E-state index contributed by atoms with van der Waals surface area (Å²) in [4.78, 5) is 29.1. The molecule has 0 spiro atoms. The van der Waals surface area contributed by atoms with Crippen LogP contribution in [0.4, 0.5) is 0 Å². The van der Waals surface area contributed by atoms with Crippen LogP contribution < -0.4 is 5.32 Å². The number of hydrogen-bond acceptors (Lipinski definition) is 6. The zero-order chi connectivity index (χ0) is 23.5. The molecule has 32 heavy (non-hydrogen) atoms. The lowest BCUT2D eigenvalue weighted by atomic mass is 9.89. The first-order chi connectivity index (χ1) is 15.2. The van der Waals surface area contributed by atoms with Gasteiger partial charge >= 0.3 is 0 Å². The van der Waals surface area contributed by atoms with E-state index in [9.17, 15) is 18.0 Å². The third-order valence-corrected chi connectivity index (χ3v) is 6.98. The third-order valence-electron chi connectivity index (χ3n) is 5.15. The molecule has 0 fully saturated rings. The number of ether oxygens (including phenoxy) is 2. The first kappa shape index (κ1) is 23.4. The molecule has 1 N–H and O–H groups in total. The summed E-state index contributed by atoms with van der Waals surface area (Å²) < 4.78 is 36.0. The lowest BCUT2D eigenvalue weighted by Crippen LogP contribution is -2.30. The van der Waals surface area contributed by atoms with Crippen molar-refractivity contribution in [2.24, 2.45) is 10.9 Å². The second-order valence-corrected chi connectivity index (χ2v) is 9.45. The molecule has 0 aromatic heterocycles. The van der Waals surface area contributed by atoms with Crippen LogP contribution in [0.2, 0.25) is 0 Å². The monoisotopic (exact) mass is 459 g/mol. The van der Waals surface area contributed by atoms with E-state index in [4.69, 9.17) is 9.47 Å². The van der Waals surface area contributed by atoms with Crippen molar-refractivity contribution in [2.45, 2.75) is 11.3 Å². The zero-order valence-corrected chi connectivity index (χ0v) is 19.1. The number of fused-ring (bicyclic) bond motifs is 1. The number of hydrogen-bond donors (Lipinski definition) is 1. The van der Waals surface area contributed by atoms with Gasteiger partial charge in [0, 0.05) is 31.8 Å². The quantitative estimate of drug-likeness (QED) is 0.632. The fourth-order valence-corrected chi connectivity index (χ4v) is 4.24. The number of benzene rings is 1. The number of nitrogens with one attached hydrogen (secondary N) is 1. The fraction of sp³-hybridized carbons (Fsp3) is 0.318. The van der Waals surface area contributed by atoms with Crippen LogP contribution in [0.5, 0.6) is 0 Å². The highest BCUT2D eigenvalue weighted by atomic mass is 32.2. The van der Waals surface area contributed by atoms with Crippen molar-refractivity contribution in [1.82, 2.24) is 9.62 Å². The van der Waals surface area contributed by atoms with Gasteiger partial charge in [-0.2, -0.15) is 0 Å². The van der Waals surface area contributed by atoms with Crippen LogP contribution in [0.15, 0.2) is 69.5 Å². The van der Waals surface area contributed by atoms with E-state index in [1.807, 2.05) is 0 Å². The molecule has 1 aromatic carbocycles. The van der Waals surface area contributed by atoms with Crippen LogP contribution in [0.25, 0.3) is 0 Å². The molecule has 0 saturated heterocycles. The Bertz CT molecular complexity index is 1140. The van der Waals surface area contributed by atoms with Gasteiger partial charge in [-0.05, 0) is 42.8 Å². The minimum Gasteiger partial charge on any atom is -0.500 e. The van der Waals surface area contributed by atoms with Crippen molar-refractivity contribution in [3.63, 3.8) is 0 Å². The minimum absolute atomic E-state index is 0.102. The minimum atomic E-state index is -3.56. The summed E-state index contributed by atoms with van der Waals surface area (Å²) in [5.41, 5.74) is 1.28. The summed E-state index contributed by atoms with van der Waals surface area (Å²) in [6.07, 6.45) is 5.54. The third kappa shape index (κ3) is 4.66. The molecule has 3 rings (SSSR count). The molecule has 0 bridgehead atoms. The van der Waals surface area contributed by atoms with Gasteiger partial charge in [0.15, 0.2) is 0 Å². The Kier molecular flexibility index (Phi) is 6.95. The number of dihydropyridines is 1. The number of aliphatic imine (C=N–C) groups is 1. The normalized spacial score (nSPS) is 18.2. The average molecular weight is 460 g/mol. The second kappa shape index (κ2) is 9.49. The first-order valence-electron chi connectivity index (χ1n) is 9.83. The van der Waals surface area contributed by atoms with Gasteiger partial charge in [0.25, 0.3) is 11.8 Å². The number of methoxy groups -OCH3 is 2. The van der Waals surface area contributed by atoms with Crippen molar-refractivity contribution >= 4 is 27.5 Å². The summed E-state index contributed by atoms with van der Waals surface area (Å²) in [5, 5.41) is 2.74. The molecular formula is C22H25N3O6S. The Labute approximate surface area is 187 Å². The van der Waals surface area contributed by atoms with Gasteiger partial charge in [0.05, 0.1) is 25.0 Å². The molecular weight excluding hydrogens is 434 g/mol. The number of amides is 2. The maximum Gasteiger partial charge on any atom is 0.273 e. The highest BCUT2D eigenvalue weighted by Gasteiger charge is 2.32. The molecule has 170 valence electrons. The predicted molar refractivity (Wildman–Crippen MR) is 118 cm³/mol. The smallest absolute Gasteiger partial charge is 0.273 e. The molecule has 1 aliphatic carbocycles. The lowest BCUT2D eigenvalue weighted by molar-refractivity contribution is -0.114. The molecule has 1 aromatic rings. The predicted octanol–water partition coefficient (Wildman–Crippen LogP) is 1.65. The summed E-state index contributed by atoms with van der Waals surface area (Å²) in [7, 11) is 2.38. The van der Waals surface area contributed by atoms with Crippen molar-refractivity contribution < 1.29 is 27.5 Å². The molecule has 1 unspecified atom stereocenters. The van der Waals surface area contributed by atoms with Gasteiger partial charge < -0.3 is 14.8 Å². The van der Waals surface area contributed by atoms with Crippen molar-refractivity contribution in [1.29, 1.82) is 0 Å². The van der Waals surface area contributed by atoms with Crippen LogP contribution in [0.3, 0.4) is 0 Å². The number of allylic oxidation sites excluding steroid dienone is 4. The Balaban J connectivity index is 1.64. The number of rotatable bonds is 8. The Morgan fingerprint density at radius 1 is 1.12 bits per heavy atom. The Hall–Kier alpha value is -3.24. The number of carbonyl (C=O) groups is 2. The Morgan fingerprint density at radius 2 is 1.81 bits per heavy atom. The maximum atomic E-state index is 12.5. The fourth-order valence-electron chi connectivity index (χ4n) is 3.33. The van der Waals surface area contributed by atoms with Crippen LogP contribution in [-0.2, 0) is 24.3 Å². The molecule has 0 radical (unpaired) electrons. The molecule has 1 heterocycles. The van der Waals surface area contributed by atoms with E-state index < -0.39 is 10.0 Å². The second-order valence-electron chi connectivity index (χ2n) is 7.30. The highest BCUT2D eigenvalue weighted by Crippen LogP contribution is 2.30. The lowest BCUT2D eigenvalue weighted by Gasteiger charge is -2.26. The van der Waals surface area contributed by atoms with Crippen LogP contribution in [0.1, 0.15) is 16.8 Å². The van der Waals surface area contributed by atoms with Crippen molar-refractivity contribution in [2.75, 3.05) is 34.9 Å². The van der Waals surface area contributed by atoms with Crippen LogP contribution >= 0.6 is 0 Å². The molecule has 1 atom stereocenters. The molecule has 2 amide bonds. The summed E-state index contributed by atoms with van der Waals surface area (Å²) >= 11 is 0. The summed E-state index contributed by atoms with van der Waals surface area (Å²) in [6.45, 7) is 0.213. The van der Waals surface area contributed by atoms with E-state index in [-0.39, 0.29) is 35.6 Å². The first-order valence-corrected chi connectivity index (χ1v) is 11.3. The van der Waals surface area contributed by atoms with E-state index >= 15 is 0 Å². The van der Waals surface area contributed by atoms with Gasteiger partial charge in [0.2, 0.25) is 10.0 Å². The van der Waals surface area contributed by atoms with Gasteiger partial charge in [-0.15, -0.1) is 0 Å². The zero-order valence-electron chi connectivity index (χ0n) is 18.3. The number of nitrogens with zero attached hydrogens (tertiary/aromatic N) is 2. The van der Waals surface area contributed by atoms with E-state index in [0.29, 0.717) is 28.4 Å². The summed E-state index contributed by atoms with van der Waals surface area (Å²) in [5.74, 6) is 0.0732. The molecule has 1 aliphatic heterocycles. The largest absolute Gasteiger partial charge is 0.500 e. The number of sulfonamides is 1. The van der Waals surface area contributed by atoms with Gasteiger partial charge in [-0.25, -0.2) is 17.7 Å². The molecule has 0 saturated carbocycles. The summed E-state index contributed by atoms with van der Waals surface area (Å²) in [6, 6.07) is 5.67. The van der Waals surface area contributed by atoms with E-state index in [0.717, 1.165) is 4.31 Å². The average Bonchev–Trinajstić information content (AvgIpc) is 2.78. The maximum absolute atomic E-state index is 12.5. The molecule has 10 heteroatoms. The van der Waals surface area contributed by atoms with Crippen LogP contribution in [0, 0.1) is 5.92 Å². The van der Waals surface area contributed by atoms with Crippen LogP contribution in [-0.4, -0.2) is 65.1 Å². The van der Waals surface area contributed by atoms with E-state index in [1.54, 1.807) is 25.3 Å². The molecule has 9 nitrogen and oxygen atoms in total. The van der Waals surface area contributed by atoms with E-state index in [2.05, 4.69) is 10.3 Å². The Morgan fingerprint density at radius 3 is 2.41 bits per heavy atom. The van der Waals surface area contributed by atoms with Crippen molar-refractivity contribution in [3.05, 3.63) is 65.1 Å². The highest BCUT2D eigenvalue weighted by molar-refractivity contribution is 7.89.